The highest BCUT2D eigenvalue weighted by Crippen LogP contribution is 2.48. The molecule has 6 rings (SSSR count). The molecule has 2 fully saturated rings. The second-order valence-electron chi connectivity index (χ2n) is 9.48. The molecule has 4 aliphatic rings. The van der Waals surface area contributed by atoms with Crippen molar-refractivity contribution in [2.75, 3.05) is 11.4 Å². The van der Waals surface area contributed by atoms with E-state index in [-0.39, 0.29) is 21.9 Å². The van der Waals surface area contributed by atoms with E-state index in [0.29, 0.717) is 24.6 Å². The fraction of sp³-hybridized carbons (Fsp3) is 0.476. The van der Waals surface area contributed by atoms with Gasteiger partial charge in [-0.2, -0.15) is 5.10 Å². The molecule has 3 heterocycles. The molecule has 0 unspecified atom stereocenters. The monoisotopic (exact) mass is 440 g/mol. The number of hydrogen-bond acceptors (Lipinski definition) is 6. The number of aryl methyl sites for hydroxylation is 1. The van der Waals surface area contributed by atoms with Crippen LogP contribution < -0.4 is 9.62 Å². The van der Waals surface area contributed by atoms with Crippen molar-refractivity contribution in [2.24, 2.45) is 12.0 Å². The number of anilines is 1. The van der Waals surface area contributed by atoms with Gasteiger partial charge in [0.05, 0.1) is 41.0 Å². The fourth-order valence-electron chi connectivity index (χ4n) is 4.36. The number of nitrogens with zero attached hydrogens (tertiary/aromatic N) is 5. The van der Waals surface area contributed by atoms with Gasteiger partial charge in [-0.1, -0.05) is 0 Å². The predicted octanol–water partition coefficient (Wildman–Crippen LogP) is 1.62. The summed E-state index contributed by atoms with van der Waals surface area (Å²) in [5.74, 6) is 0.416. The summed E-state index contributed by atoms with van der Waals surface area (Å²) < 4.78 is 30.3. The van der Waals surface area contributed by atoms with Gasteiger partial charge in [0.2, 0.25) is 16.0 Å². The third-order valence-corrected chi connectivity index (χ3v) is 8.26. The number of sulfonamides is 1. The van der Waals surface area contributed by atoms with Gasteiger partial charge in [-0.3, -0.25) is 14.4 Å². The first-order valence-corrected chi connectivity index (χ1v) is 12.0. The number of hydrogen-bond donors (Lipinski definition) is 1. The van der Waals surface area contributed by atoms with Crippen LogP contribution in [0.5, 0.6) is 0 Å². The van der Waals surface area contributed by atoms with Crippen molar-refractivity contribution in [1.82, 2.24) is 19.4 Å². The Bertz CT molecular complexity index is 1260. The Morgan fingerprint density at radius 3 is 2.61 bits per heavy atom. The topological polar surface area (TPSA) is 99.9 Å². The predicted molar refractivity (Wildman–Crippen MR) is 114 cm³/mol. The Morgan fingerprint density at radius 2 is 1.97 bits per heavy atom. The smallest absolute Gasteiger partial charge is 0.263 e. The maximum Gasteiger partial charge on any atom is 0.263 e. The fourth-order valence-corrected chi connectivity index (χ4v) is 5.85. The zero-order valence-electron chi connectivity index (χ0n) is 17.5. The van der Waals surface area contributed by atoms with Gasteiger partial charge >= 0.3 is 0 Å². The third-order valence-electron chi connectivity index (χ3n) is 6.62. The molecule has 1 N–H and O–H groups in total. The molecule has 2 aliphatic heterocycles. The number of aliphatic imine (C=N–C) groups is 1. The van der Waals surface area contributed by atoms with E-state index in [2.05, 4.69) is 14.7 Å². The molecular formula is C21H24N6O3S. The van der Waals surface area contributed by atoms with Crippen molar-refractivity contribution in [3.63, 3.8) is 0 Å². The van der Waals surface area contributed by atoms with Gasteiger partial charge in [0.1, 0.15) is 0 Å². The number of amides is 1. The molecule has 2 aliphatic carbocycles. The molecule has 31 heavy (non-hydrogen) atoms. The summed E-state index contributed by atoms with van der Waals surface area (Å²) >= 11 is 0. The number of carbonyl (C=O) groups excluding carboxylic acids is 1. The molecule has 10 heteroatoms. The number of nitrogens with one attached hydrogen (secondary N) is 1. The lowest BCUT2D eigenvalue weighted by Crippen LogP contribution is -2.50. The minimum Gasteiger partial charge on any atom is -0.309 e. The van der Waals surface area contributed by atoms with Crippen LogP contribution in [0.3, 0.4) is 0 Å². The lowest BCUT2D eigenvalue weighted by Gasteiger charge is -2.35. The normalized spacial score (nSPS) is 22.4. The number of benzene rings is 1. The molecule has 0 bridgehead atoms. The Kier molecular flexibility index (Phi) is 3.65. The summed E-state index contributed by atoms with van der Waals surface area (Å²) in [5.41, 5.74) is 1.52. The molecule has 162 valence electrons. The van der Waals surface area contributed by atoms with Crippen LogP contribution in [0.4, 0.5) is 5.69 Å². The summed E-state index contributed by atoms with van der Waals surface area (Å²) in [6.07, 6.45) is 7.27. The number of fused-ring (bicyclic) bond motifs is 3. The van der Waals surface area contributed by atoms with Gasteiger partial charge < -0.3 is 4.90 Å². The summed E-state index contributed by atoms with van der Waals surface area (Å²) in [7, 11) is -1.87. The largest absolute Gasteiger partial charge is 0.309 e. The molecule has 2 aromatic rings. The van der Waals surface area contributed by atoms with Crippen LogP contribution in [0.2, 0.25) is 0 Å². The van der Waals surface area contributed by atoms with Crippen LogP contribution in [0.25, 0.3) is 0 Å². The van der Waals surface area contributed by atoms with Crippen LogP contribution in [0.1, 0.15) is 48.5 Å². The van der Waals surface area contributed by atoms with E-state index in [0.717, 1.165) is 36.9 Å². The molecule has 0 radical (unpaired) electrons. The first kappa shape index (κ1) is 19.0. The molecule has 1 amide bonds. The summed E-state index contributed by atoms with van der Waals surface area (Å²) in [6, 6.07) is 4.85. The third kappa shape index (κ3) is 3.08. The van der Waals surface area contributed by atoms with Crippen molar-refractivity contribution in [3.05, 3.63) is 41.7 Å². The summed E-state index contributed by atoms with van der Waals surface area (Å²) in [5, 5.41) is 4.20. The summed E-state index contributed by atoms with van der Waals surface area (Å²) in [4.78, 5) is 22.3. The zero-order chi connectivity index (χ0) is 21.6. The average molecular weight is 441 g/mol. The van der Waals surface area contributed by atoms with Gasteiger partial charge in [-0.05, 0) is 50.8 Å². The van der Waals surface area contributed by atoms with Crippen molar-refractivity contribution < 1.29 is 13.2 Å². The molecule has 0 saturated heterocycles. The van der Waals surface area contributed by atoms with E-state index in [1.807, 2.05) is 20.2 Å². The van der Waals surface area contributed by atoms with E-state index in [4.69, 9.17) is 4.99 Å². The Morgan fingerprint density at radius 1 is 1.19 bits per heavy atom. The zero-order valence-corrected chi connectivity index (χ0v) is 18.3. The lowest BCUT2D eigenvalue weighted by atomic mass is 10.1. The lowest BCUT2D eigenvalue weighted by molar-refractivity contribution is 0.0833. The molecule has 2 saturated carbocycles. The highest BCUT2D eigenvalue weighted by Gasteiger charge is 2.53. The Balaban J connectivity index is 1.41. The van der Waals surface area contributed by atoms with Gasteiger partial charge in [0.15, 0.2) is 0 Å². The Labute approximate surface area is 180 Å². The van der Waals surface area contributed by atoms with Gasteiger partial charge in [-0.25, -0.2) is 18.1 Å². The highest BCUT2D eigenvalue weighted by atomic mass is 32.2. The van der Waals surface area contributed by atoms with Gasteiger partial charge in [0.25, 0.3) is 5.91 Å². The number of guanidine groups is 1. The average Bonchev–Trinajstić information content (AvgIpc) is 3.54. The molecule has 1 aromatic carbocycles. The quantitative estimate of drug-likeness (QED) is 0.762. The van der Waals surface area contributed by atoms with E-state index < -0.39 is 10.0 Å². The molecule has 1 aromatic heterocycles. The van der Waals surface area contributed by atoms with E-state index in [1.165, 1.54) is 6.07 Å². The summed E-state index contributed by atoms with van der Waals surface area (Å²) in [6.45, 7) is 2.95. The standard InChI is InChI=1S/C21H24N6O3S/c1-20(5-6-20)24-31(29,30)15-3-4-17-16(9-15)18(28)26(12-14-10-22-25(2)11-14)19-23-21(7-8-21)13-27(17)19/h3-4,9-11,24H,5-8,12-13H2,1-2H3. The van der Waals surface area contributed by atoms with Crippen LogP contribution in [0, 0.1) is 0 Å². The SMILES string of the molecule is Cn1cc(CN2C(=O)c3cc(S(=O)(=O)NC4(C)CC4)ccc3N3CC4(CC4)N=C23)cn1. The maximum absolute atomic E-state index is 13.6. The van der Waals surface area contributed by atoms with Crippen LogP contribution in [-0.4, -0.2) is 52.6 Å². The number of aromatic nitrogens is 2. The molecule has 9 nitrogen and oxygen atoms in total. The van der Waals surface area contributed by atoms with E-state index in [9.17, 15) is 13.2 Å². The van der Waals surface area contributed by atoms with Gasteiger partial charge in [-0.15, -0.1) is 0 Å². The molecular weight excluding hydrogens is 416 g/mol. The number of rotatable bonds is 5. The maximum atomic E-state index is 13.6. The highest BCUT2D eigenvalue weighted by molar-refractivity contribution is 7.89. The second kappa shape index (κ2) is 5.95. The van der Waals surface area contributed by atoms with Gasteiger partial charge in [0, 0.05) is 24.3 Å². The van der Waals surface area contributed by atoms with E-state index >= 15 is 0 Å². The van der Waals surface area contributed by atoms with E-state index in [1.54, 1.807) is 27.9 Å². The molecule has 1 spiro atoms. The van der Waals surface area contributed by atoms with Crippen LogP contribution in [0.15, 0.2) is 40.5 Å². The number of carbonyl (C=O) groups is 1. The minimum atomic E-state index is -3.70. The van der Waals surface area contributed by atoms with Crippen molar-refractivity contribution in [1.29, 1.82) is 0 Å². The second-order valence-corrected chi connectivity index (χ2v) is 11.2. The van der Waals surface area contributed by atoms with Crippen LogP contribution in [-0.2, 0) is 23.6 Å². The Hall–Kier alpha value is -2.72. The van der Waals surface area contributed by atoms with Crippen molar-refractivity contribution >= 4 is 27.6 Å². The first-order chi connectivity index (χ1) is 14.7. The first-order valence-electron chi connectivity index (χ1n) is 10.5. The van der Waals surface area contributed by atoms with Crippen molar-refractivity contribution in [2.45, 2.75) is 55.1 Å². The van der Waals surface area contributed by atoms with Crippen molar-refractivity contribution in [3.8, 4) is 0 Å². The minimum absolute atomic E-state index is 0.114. The molecule has 0 atom stereocenters. The van der Waals surface area contributed by atoms with Crippen LogP contribution >= 0.6 is 0 Å².